The zero-order valence-corrected chi connectivity index (χ0v) is 13.0. The Kier molecular flexibility index (Phi) is 3.76. The molecule has 0 fully saturated rings. The molecule has 0 aliphatic carbocycles. The van der Waals surface area contributed by atoms with E-state index in [0.29, 0.717) is 5.56 Å². The summed E-state index contributed by atoms with van der Waals surface area (Å²) in [5.41, 5.74) is 0.467. The summed E-state index contributed by atoms with van der Waals surface area (Å²) in [6.45, 7) is 0. The Labute approximate surface area is 144 Å². The van der Waals surface area contributed by atoms with Gasteiger partial charge >= 0.3 is 6.18 Å². The first-order chi connectivity index (χ1) is 12.5. The van der Waals surface area contributed by atoms with E-state index < -0.39 is 11.9 Å². The highest BCUT2D eigenvalue weighted by Gasteiger charge is 2.41. The summed E-state index contributed by atoms with van der Waals surface area (Å²) in [6, 6.07) is 10.1. The molecule has 3 heterocycles. The van der Waals surface area contributed by atoms with E-state index in [9.17, 15) is 13.2 Å². The zero-order valence-electron chi connectivity index (χ0n) is 13.0. The van der Waals surface area contributed by atoms with Gasteiger partial charge in [-0.15, -0.1) is 0 Å². The first kappa shape index (κ1) is 16.0. The number of rotatable bonds is 3. The van der Waals surface area contributed by atoms with Crippen LogP contribution in [0.1, 0.15) is 5.76 Å². The molecule has 0 aliphatic rings. The number of hydrogen-bond acceptors (Lipinski definition) is 5. The molecule has 0 unspecified atom stereocenters. The van der Waals surface area contributed by atoms with Gasteiger partial charge in [0.1, 0.15) is 5.69 Å². The molecule has 3 aromatic heterocycles. The molecule has 1 N–H and O–H groups in total. The first-order valence-electron chi connectivity index (χ1n) is 7.49. The normalized spacial score (nSPS) is 11.7. The van der Waals surface area contributed by atoms with E-state index in [2.05, 4.69) is 29.6 Å². The summed E-state index contributed by atoms with van der Waals surface area (Å²) in [5.74, 6) is -0.681. The third-order valence-electron chi connectivity index (χ3n) is 3.62. The molecule has 0 radical (unpaired) electrons. The fraction of sp³-hybridized carbons (Fsp3) is 0.0588. The third kappa shape index (κ3) is 2.83. The van der Waals surface area contributed by atoms with Crippen molar-refractivity contribution in [1.82, 2.24) is 25.1 Å². The van der Waals surface area contributed by atoms with Crippen molar-refractivity contribution in [1.29, 1.82) is 0 Å². The van der Waals surface area contributed by atoms with Gasteiger partial charge in [0.05, 0.1) is 17.5 Å². The predicted octanol–water partition coefficient (Wildman–Crippen LogP) is 4.21. The number of imidazole rings is 1. The summed E-state index contributed by atoms with van der Waals surface area (Å²) in [7, 11) is 0. The Morgan fingerprint density at radius 1 is 0.923 bits per heavy atom. The molecule has 0 atom stereocenters. The molecule has 0 spiro atoms. The van der Waals surface area contributed by atoms with Crippen molar-refractivity contribution in [2.24, 2.45) is 0 Å². The number of aromatic amines is 1. The van der Waals surface area contributed by atoms with Crippen LogP contribution in [0.4, 0.5) is 13.2 Å². The van der Waals surface area contributed by atoms with Gasteiger partial charge < -0.3 is 9.51 Å². The highest BCUT2D eigenvalue weighted by atomic mass is 19.4. The van der Waals surface area contributed by atoms with Gasteiger partial charge in [0.15, 0.2) is 11.6 Å². The van der Waals surface area contributed by atoms with Crippen molar-refractivity contribution in [3.8, 4) is 34.2 Å². The summed E-state index contributed by atoms with van der Waals surface area (Å²) in [6.07, 6.45) is -0.398. The number of aromatic nitrogens is 5. The van der Waals surface area contributed by atoms with Crippen molar-refractivity contribution in [3.05, 3.63) is 60.7 Å². The van der Waals surface area contributed by atoms with Gasteiger partial charge in [-0.25, -0.2) is 15.0 Å². The predicted molar refractivity (Wildman–Crippen MR) is 85.5 cm³/mol. The molecule has 0 amide bonds. The second-order valence-corrected chi connectivity index (χ2v) is 5.32. The summed E-state index contributed by atoms with van der Waals surface area (Å²) < 4.78 is 44.8. The van der Waals surface area contributed by atoms with Crippen molar-refractivity contribution in [2.75, 3.05) is 0 Å². The van der Waals surface area contributed by atoms with Crippen LogP contribution in [0.3, 0.4) is 0 Å². The third-order valence-corrected chi connectivity index (χ3v) is 3.62. The van der Waals surface area contributed by atoms with Gasteiger partial charge in [-0.05, 0) is 6.07 Å². The minimum Gasteiger partial charge on any atom is -0.350 e. The SMILES string of the molecule is FC(F)(F)c1onc(-c2ccccc2)c1-c1cnc(-c2ncccn2)[nH]1. The lowest BCUT2D eigenvalue weighted by molar-refractivity contribution is -0.154. The average molecular weight is 357 g/mol. The second-order valence-electron chi connectivity index (χ2n) is 5.32. The molecule has 0 aliphatic heterocycles. The van der Waals surface area contributed by atoms with Crippen molar-refractivity contribution >= 4 is 0 Å². The average Bonchev–Trinajstić information content (AvgIpc) is 3.30. The topological polar surface area (TPSA) is 80.5 Å². The van der Waals surface area contributed by atoms with Crippen molar-refractivity contribution in [3.63, 3.8) is 0 Å². The number of nitrogens with one attached hydrogen (secondary N) is 1. The number of benzene rings is 1. The van der Waals surface area contributed by atoms with E-state index in [0.717, 1.165) is 0 Å². The van der Waals surface area contributed by atoms with Crippen LogP contribution in [0.25, 0.3) is 34.2 Å². The zero-order chi connectivity index (χ0) is 18.1. The van der Waals surface area contributed by atoms with Crippen LogP contribution in [0, 0.1) is 0 Å². The maximum atomic E-state index is 13.4. The summed E-state index contributed by atoms with van der Waals surface area (Å²) in [4.78, 5) is 15.0. The molecular weight excluding hydrogens is 347 g/mol. The van der Waals surface area contributed by atoms with E-state index in [-0.39, 0.29) is 28.6 Å². The van der Waals surface area contributed by atoms with E-state index in [1.807, 2.05) is 0 Å². The molecular formula is C17H10F3N5O. The van der Waals surface area contributed by atoms with Gasteiger partial charge in [0.2, 0.25) is 5.76 Å². The van der Waals surface area contributed by atoms with Crippen LogP contribution in [0.5, 0.6) is 0 Å². The molecule has 130 valence electrons. The fourth-order valence-electron chi connectivity index (χ4n) is 2.51. The number of H-pyrrole nitrogens is 1. The van der Waals surface area contributed by atoms with Crippen LogP contribution in [-0.2, 0) is 6.18 Å². The Bertz CT molecular complexity index is 1030. The maximum absolute atomic E-state index is 13.4. The van der Waals surface area contributed by atoms with Crippen LogP contribution in [-0.4, -0.2) is 25.1 Å². The lowest BCUT2D eigenvalue weighted by Gasteiger charge is -2.05. The highest BCUT2D eigenvalue weighted by Crippen LogP contribution is 2.42. The molecule has 0 saturated heterocycles. The Morgan fingerprint density at radius 3 is 2.35 bits per heavy atom. The molecule has 4 rings (SSSR count). The quantitative estimate of drug-likeness (QED) is 0.594. The lowest BCUT2D eigenvalue weighted by atomic mass is 10.0. The Balaban J connectivity index is 1.88. The summed E-state index contributed by atoms with van der Waals surface area (Å²) >= 11 is 0. The number of alkyl halides is 3. The Hall–Kier alpha value is -3.49. The molecule has 26 heavy (non-hydrogen) atoms. The number of hydrogen-bond donors (Lipinski definition) is 1. The standard InChI is InChI=1S/C17H10F3N5O/c18-17(19,20)14-12(13(25-26-14)10-5-2-1-3-6-10)11-9-23-16(24-11)15-21-7-4-8-22-15/h1-9H,(H,23,24). The van der Waals surface area contributed by atoms with Crippen LogP contribution >= 0.6 is 0 Å². The van der Waals surface area contributed by atoms with Crippen molar-refractivity contribution in [2.45, 2.75) is 6.18 Å². The van der Waals surface area contributed by atoms with Gasteiger partial charge in [-0.1, -0.05) is 35.5 Å². The van der Waals surface area contributed by atoms with E-state index >= 15 is 0 Å². The number of halogens is 3. The number of nitrogens with zero attached hydrogens (tertiary/aromatic N) is 4. The molecule has 0 saturated carbocycles. The Morgan fingerprint density at radius 2 is 1.65 bits per heavy atom. The molecule has 4 aromatic rings. The monoisotopic (exact) mass is 357 g/mol. The maximum Gasteiger partial charge on any atom is 0.453 e. The van der Waals surface area contributed by atoms with Crippen LogP contribution in [0.2, 0.25) is 0 Å². The largest absolute Gasteiger partial charge is 0.453 e. The van der Waals surface area contributed by atoms with Crippen LogP contribution in [0.15, 0.2) is 59.5 Å². The molecule has 6 nitrogen and oxygen atoms in total. The van der Waals surface area contributed by atoms with Crippen LogP contribution < -0.4 is 0 Å². The molecule has 1 aromatic carbocycles. The van der Waals surface area contributed by atoms with E-state index in [4.69, 9.17) is 0 Å². The van der Waals surface area contributed by atoms with E-state index in [1.54, 1.807) is 36.4 Å². The molecule has 0 bridgehead atoms. The minimum atomic E-state index is -4.70. The first-order valence-corrected chi connectivity index (χ1v) is 7.49. The lowest BCUT2D eigenvalue weighted by Crippen LogP contribution is -2.05. The highest BCUT2D eigenvalue weighted by molar-refractivity contribution is 5.81. The summed E-state index contributed by atoms with van der Waals surface area (Å²) in [5, 5.41) is 3.64. The van der Waals surface area contributed by atoms with Gasteiger partial charge in [0, 0.05) is 18.0 Å². The fourth-order valence-corrected chi connectivity index (χ4v) is 2.51. The molecule has 9 heteroatoms. The van der Waals surface area contributed by atoms with Crippen molar-refractivity contribution < 1.29 is 17.7 Å². The van der Waals surface area contributed by atoms with E-state index in [1.165, 1.54) is 18.6 Å². The minimum absolute atomic E-state index is 0.0714. The van der Waals surface area contributed by atoms with Gasteiger partial charge in [-0.2, -0.15) is 13.2 Å². The van der Waals surface area contributed by atoms with Gasteiger partial charge in [-0.3, -0.25) is 0 Å². The second kappa shape index (κ2) is 6.10. The smallest absolute Gasteiger partial charge is 0.350 e. The van der Waals surface area contributed by atoms with Gasteiger partial charge in [0.25, 0.3) is 0 Å².